The highest BCUT2D eigenvalue weighted by molar-refractivity contribution is 5.94. The molecule has 0 bridgehead atoms. The summed E-state index contributed by atoms with van der Waals surface area (Å²) in [6, 6.07) is 2.18. The van der Waals surface area contributed by atoms with Gasteiger partial charge in [0.15, 0.2) is 0 Å². The van der Waals surface area contributed by atoms with Crippen LogP contribution in [0.5, 0.6) is 0 Å². The van der Waals surface area contributed by atoms with Gasteiger partial charge >= 0.3 is 0 Å². The number of hydrogen-bond acceptors (Lipinski definition) is 3. The van der Waals surface area contributed by atoms with Gasteiger partial charge in [0, 0.05) is 24.8 Å². The smallest absolute Gasteiger partial charge is 0.261 e. The number of likely N-dealkylation sites (tertiary alicyclic amines) is 1. The van der Waals surface area contributed by atoms with E-state index in [9.17, 15) is 9.59 Å². The number of aromatic nitrogens is 1. The van der Waals surface area contributed by atoms with Crippen molar-refractivity contribution >= 4 is 18.3 Å². The van der Waals surface area contributed by atoms with Crippen molar-refractivity contribution in [2.45, 2.75) is 51.0 Å². The highest BCUT2D eigenvalue weighted by Crippen LogP contribution is 2.19. The summed E-state index contributed by atoms with van der Waals surface area (Å²) in [5.41, 5.74) is 2.28. The molecule has 128 valence electrons. The fourth-order valence-electron chi connectivity index (χ4n) is 3.58. The van der Waals surface area contributed by atoms with Gasteiger partial charge in [0.05, 0.1) is 0 Å². The second-order valence-corrected chi connectivity index (χ2v) is 6.46. The number of amides is 1. The molecule has 5 nitrogen and oxygen atoms in total. The molecule has 1 aromatic rings. The van der Waals surface area contributed by atoms with Crippen LogP contribution in [0.2, 0.25) is 0 Å². The van der Waals surface area contributed by atoms with Crippen LogP contribution in [0.1, 0.15) is 53.7 Å². The Labute approximate surface area is 143 Å². The topological polar surface area (TPSA) is 65.2 Å². The number of carbonyl (C=O) groups excluding carboxylic acids is 1. The maximum absolute atomic E-state index is 12.7. The fourth-order valence-corrected chi connectivity index (χ4v) is 3.58. The van der Waals surface area contributed by atoms with E-state index in [-0.39, 0.29) is 23.9 Å². The minimum Gasteiger partial charge on any atom is -0.337 e. The van der Waals surface area contributed by atoms with Gasteiger partial charge in [0.25, 0.3) is 11.5 Å². The van der Waals surface area contributed by atoms with Gasteiger partial charge in [-0.05, 0) is 57.2 Å². The molecule has 1 aromatic heterocycles. The summed E-state index contributed by atoms with van der Waals surface area (Å²) in [5, 5.41) is 3.23. The summed E-state index contributed by atoms with van der Waals surface area (Å²) >= 11 is 0. The average molecular weight is 340 g/mol. The molecule has 0 aromatic carbocycles. The molecule has 0 radical (unpaired) electrons. The molecule has 1 atom stereocenters. The third-order valence-electron chi connectivity index (χ3n) is 4.94. The minimum atomic E-state index is -0.225. The van der Waals surface area contributed by atoms with E-state index < -0.39 is 0 Å². The van der Waals surface area contributed by atoms with Crippen molar-refractivity contribution in [1.29, 1.82) is 0 Å². The van der Waals surface area contributed by atoms with E-state index >= 15 is 0 Å². The van der Waals surface area contributed by atoms with Gasteiger partial charge < -0.3 is 15.2 Å². The molecule has 2 aliphatic rings. The highest BCUT2D eigenvalue weighted by Gasteiger charge is 2.26. The van der Waals surface area contributed by atoms with E-state index in [1.54, 1.807) is 0 Å². The first kappa shape index (κ1) is 18.0. The first-order chi connectivity index (χ1) is 10.7. The number of carbonyl (C=O) groups is 1. The lowest BCUT2D eigenvalue weighted by Gasteiger charge is -2.32. The largest absolute Gasteiger partial charge is 0.337 e. The van der Waals surface area contributed by atoms with Crippen LogP contribution in [-0.4, -0.2) is 42.0 Å². The van der Waals surface area contributed by atoms with Crippen LogP contribution in [0.25, 0.3) is 0 Å². The van der Waals surface area contributed by atoms with Crippen molar-refractivity contribution in [3.05, 3.63) is 33.2 Å². The molecule has 0 saturated carbocycles. The summed E-state index contributed by atoms with van der Waals surface area (Å²) in [6.45, 7) is 1.43. The molecule has 3 rings (SSSR count). The number of pyridine rings is 1. The molecule has 1 unspecified atom stereocenters. The van der Waals surface area contributed by atoms with Gasteiger partial charge in [0.2, 0.25) is 0 Å². The van der Waals surface area contributed by atoms with Crippen LogP contribution >= 0.6 is 12.4 Å². The van der Waals surface area contributed by atoms with Gasteiger partial charge in [-0.15, -0.1) is 12.4 Å². The van der Waals surface area contributed by atoms with Crippen molar-refractivity contribution in [2.75, 3.05) is 20.1 Å². The van der Waals surface area contributed by atoms with E-state index in [0.29, 0.717) is 18.2 Å². The van der Waals surface area contributed by atoms with Crippen LogP contribution in [0.3, 0.4) is 0 Å². The Kier molecular flexibility index (Phi) is 6.25. The van der Waals surface area contributed by atoms with Crippen LogP contribution in [-0.2, 0) is 12.8 Å². The second kappa shape index (κ2) is 7.97. The molecular formula is C17H26ClN3O2. The van der Waals surface area contributed by atoms with Crippen molar-refractivity contribution in [1.82, 2.24) is 15.2 Å². The molecule has 1 aliphatic heterocycles. The number of rotatable bonds is 2. The molecular weight excluding hydrogens is 314 g/mol. The minimum absolute atomic E-state index is 0. The zero-order valence-corrected chi connectivity index (χ0v) is 14.5. The Hall–Kier alpha value is -1.33. The number of piperidine rings is 1. The second-order valence-electron chi connectivity index (χ2n) is 6.46. The zero-order valence-electron chi connectivity index (χ0n) is 13.7. The van der Waals surface area contributed by atoms with Gasteiger partial charge in [0.1, 0.15) is 5.56 Å². The fraction of sp³-hybridized carbons (Fsp3) is 0.647. The van der Waals surface area contributed by atoms with E-state index in [4.69, 9.17) is 0 Å². The third kappa shape index (κ3) is 3.96. The first-order valence-electron chi connectivity index (χ1n) is 8.40. The number of hydrogen-bond donors (Lipinski definition) is 2. The molecule has 2 heterocycles. The summed E-state index contributed by atoms with van der Waals surface area (Å²) in [6.07, 6.45) is 7.40. The van der Waals surface area contributed by atoms with E-state index in [2.05, 4.69) is 10.3 Å². The third-order valence-corrected chi connectivity index (χ3v) is 4.94. The number of aromatic amines is 1. The van der Waals surface area contributed by atoms with Gasteiger partial charge in [-0.2, -0.15) is 0 Å². The molecule has 6 heteroatoms. The van der Waals surface area contributed by atoms with Gasteiger partial charge in [-0.3, -0.25) is 9.59 Å². The van der Waals surface area contributed by atoms with E-state index in [1.165, 1.54) is 6.42 Å². The number of nitrogens with zero attached hydrogens (tertiary/aromatic N) is 1. The lowest BCUT2D eigenvalue weighted by atomic mass is 10.0. The number of halogens is 1. The number of H-pyrrole nitrogens is 1. The SMILES string of the molecule is CNC1CCCN(C(=O)c2cc3c([nH]c2=O)CCCCC3)C1.Cl. The molecule has 1 amide bonds. The van der Waals surface area contributed by atoms with Crippen molar-refractivity contribution in [2.24, 2.45) is 0 Å². The first-order valence-corrected chi connectivity index (χ1v) is 8.40. The Morgan fingerprint density at radius 2 is 2.04 bits per heavy atom. The Balaban J connectivity index is 0.00000192. The predicted octanol–water partition coefficient (Wildman–Crippen LogP) is 1.89. The highest BCUT2D eigenvalue weighted by atomic mass is 35.5. The number of fused-ring (bicyclic) bond motifs is 1. The van der Waals surface area contributed by atoms with Crippen LogP contribution in [0, 0.1) is 0 Å². The Morgan fingerprint density at radius 1 is 1.26 bits per heavy atom. The average Bonchev–Trinajstić information content (AvgIpc) is 2.78. The van der Waals surface area contributed by atoms with E-state index in [0.717, 1.165) is 56.3 Å². The van der Waals surface area contributed by atoms with Crippen LogP contribution < -0.4 is 10.9 Å². The normalized spacial score (nSPS) is 21.1. The van der Waals surface area contributed by atoms with Crippen molar-refractivity contribution in [3.8, 4) is 0 Å². The molecule has 0 spiro atoms. The maximum atomic E-state index is 12.7. The summed E-state index contributed by atoms with van der Waals surface area (Å²) < 4.78 is 0. The lowest BCUT2D eigenvalue weighted by Crippen LogP contribution is -2.48. The predicted molar refractivity (Wildman–Crippen MR) is 93.6 cm³/mol. The van der Waals surface area contributed by atoms with Gasteiger partial charge in [-0.1, -0.05) is 6.42 Å². The van der Waals surface area contributed by atoms with Crippen molar-refractivity contribution < 1.29 is 4.79 Å². The van der Waals surface area contributed by atoms with Crippen molar-refractivity contribution in [3.63, 3.8) is 0 Å². The summed E-state index contributed by atoms with van der Waals surface area (Å²) in [7, 11) is 1.92. The maximum Gasteiger partial charge on any atom is 0.261 e. The standard InChI is InChI=1S/C17H25N3O2.ClH/c1-18-13-7-5-9-20(11-13)17(22)14-10-12-6-3-2-4-8-15(12)19-16(14)21;/h10,13,18H,2-9,11H2,1H3,(H,19,21);1H. The molecule has 2 N–H and O–H groups in total. The number of nitrogens with one attached hydrogen (secondary N) is 2. The van der Waals surface area contributed by atoms with Crippen LogP contribution in [0.15, 0.2) is 10.9 Å². The Bertz CT molecular complexity index is 614. The molecule has 23 heavy (non-hydrogen) atoms. The lowest BCUT2D eigenvalue weighted by molar-refractivity contribution is 0.0696. The molecule has 1 aliphatic carbocycles. The Morgan fingerprint density at radius 3 is 2.83 bits per heavy atom. The molecule has 1 fully saturated rings. The number of likely N-dealkylation sites (N-methyl/N-ethyl adjacent to an activating group) is 1. The zero-order chi connectivity index (χ0) is 15.5. The number of aryl methyl sites for hydroxylation is 2. The summed E-state index contributed by atoms with van der Waals surface area (Å²) in [4.78, 5) is 29.8. The van der Waals surface area contributed by atoms with Gasteiger partial charge in [-0.25, -0.2) is 0 Å². The summed E-state index contributed by atoms with van der Waals surface area (Å²) in [5.74, 6) is -0.117. The van der Waals surface area contributed by atoms with Crippen LogP contribution in [0.4, 0.5) is 0 Å². The quantitative estimate of drug-likeness (QED) is 0.809. The monoisotopic (exact) mass is 339 g/mol. The molecule has 1 saturated heterocycles. The van der Waals surface area contributed by atoms with E-state index in [1.807, 2.05) is 18.0 Å².